The van der Waals surface area contributed by atoms with Crippen LogP contribution in [0.1, 0.15) is 30.4 Å². The number of fused-ring (bicyclic) bond motifs is 1. The molecular weight excluding hydrogens is 254 g/mol. The van der Waals surface area contributed by atoms with Gasteiger partial charge in [-0.2, -0.15) is 0 Å². The Morgan fingerprint density at radius 2 is 2.05 bits per heavy atom. The van der Waals surface area contributed by atoms with Gasteiger partial charge in [-0.25, -0.2) is 5.43 Å². The Hall–Kier alpha value is -1.43. The van der Waals surface area contributed by atoms with Crippen molar-refractivity contribution in [3.8, 4) is 0 Å². The molecule has 106 valence electrons. The van der Waals surface area contributed by atoms with Crippen LogP contribution in [0.2, 0.25) is 0 Å². The number of hydrogen-bond acceptors (Lipinski definition) is 4. The van der Waals surface area contributed by atoms with Gasteiger partial charge in [-0.05, 0) is 48.4 Å². The van der Waals surface area contributed by atoms with Crippen molar-refractivity contribution in [2.24, 2.45) is 5.92 Å². The van der Waals surface area contributed by atoms with Gasteiger partial charge < -0.3 is 10.1 Å². The van der Waals surface area contributed by atoms with Crippen LogP contribution in [-0.4, -0.2) is 18.0 Å². The van der Waals surface area contributed by atoms with E-state index >= 15 is 0 Å². The van der Waals surface area contributed by atoms with Crippen molar-refractivity contribution in [1.82, 2.24) is 10.9 Å². The third-order valence-corrected chi connectivity index (χ3v) is 4.43. The fraction of sp³-hybridized carbons (Fsp3) is 0.533. The summed E-state index contributed by atoms with van der Waals surface area (Å²) in [5.74, 6) is 0.803. The average Bonchev–Trinajstić information content (AvgIpc) is 3.01. The summed E-state index contributed by atoms with van der Waals surface area (Å²) in [5.41, 5.74) is 9.61. The Kier molecular flexibility index (Phi) is 2.98. The highest BCUT2D eigenvalue weighted by Gasteiger charge is 2.38. The third kappa shape index (κ3) is 2.32. The number of rotatable bonds is 3. The number of ether oxygens (including phenoxy) is 1. The number of hydrogen-bond donors (Lipinski definition) is 3. The fourth-order valence-electron chi connectivity index (χ4n) is 3.04. The normalized spacial score (nSPS) is 28.4. The summed E-state index contributed by atoms with van der Waals surface area (Å²) in [7, 11) is 0. The predicted molar refractivity (Wildman–Crippen MR) is 74.8 cm³/mol. The SMILES string of the molecule is O=C(Nc1ccc2c(c1)COC2)C1CC(C2CC2)NN1. The van der Waals surface area contributed by atoms with Gasteiger partial charge >= 0.3 is 0 Å². The first-order chi connectivity index (χ1) is 9.79. The Morgan fingerprint density at radius 1 is 1.20 bits per heavy atom. The zero-order chi connectivity index (χ0) is 13.5. The lowest BCUT2D eigenvalue weighted by atomic mass is 10.1. The minimum atomic E-state index is -0.134. The number of hydrazine groups is 1. The molecule has 1 aromatic carbocycles. The number of amides is 1. The van der Waals surface area contributed by atoms with E-state index in [1.807, 2.05) is 18.2 Å². The molecule has 2 fully saturated rings. The zero-order valence-electron chi connectivity index (χ0n) is 11.3. The molecule has 2 atom stereocenters. The molecule has 1 aromatic rings. The summed E-state index contributed by atoms with van der Waals surface area (Å²) >= 11 is 0. The maximum atomic E-state index is 12.3. The third-order valence-electron chi connectivity index (χ3n) is 4.43. The van der Waals surface area contributed by atoms with E-state index in [0.29, 0.717) is 19.3 Å². The van der Waals surface area contributed by atoms with Gasteiger partial charge in [-0.15, -0.1) is 0 Å². The van der Waals surface area contributed by atoms with Gasteiger partial charge in [-0.1, -0.05) is 6.07 Å². The summed E-state index contributed by atoms with van der Waals surface area (Å²) in [6.45, 7) is 1.33. The van der Waals surface area contributed by atoms with E-state index in [1.54, 1.807) is 0 Å². The molecule has 0 spiro atoms. The molecule has 1 saturated carbocycles. The van der Waals surface area contributed by atoms with E-state index in [0.717, 1.165) is 18.0 Å². The Labute approximate surface area is 118 Å². The van der Waals surface area contributed by atoms with Crippen LogP contribution in [0.3, 0.4) is 0 Å². The largest absolute Gasteiger partial charge is 0.372 e. The lowest BCUT2D eigenvalue weighted by Gasteiger charge is -2.11. The number of anilines is 1. The molecule has 20 heavy (non-hydrogen) atoms. The molecule has 0 radical (unpaired) electrons. The van der Waals surface area contributed by atoms with Gasteiger partial charge in [0.2, 0.25) is 5.91 Å². The second-order valence-electron chi connectivity index (χ2n) is 5.99. The Bertz CT molecular complexity index is 542. The molecule has 1 aliphatic carbocycles. The molecule has 1 saturated heterocycles. The Morgan fingerprint density at radius 3 is 2.90 bits per heavy atom. The monoisotopic (exact) mass is 273 g/mol. The minimum Gasteiger partial charge on any atom is -0.372 e. The van der Waals surface area contributed by atoms with Crippen LogP contribution in [-0.2, 0) is 22.7 Å². The van der Waals surface area contributed by atoms with Gasteiger partial charge in [0.15, 0.2) is 0 Å². The van der Waals surface area contributed by atoms with E-state index in [-0.39, 0.29) is 11.9 Å². The number of benzene rings is 1. The molecule has 0 bridgehead atoms. The van der Waals surface area contributed by atoms with Crippen LogP contribution in [0, 0.1) is 5.92 Å². The van der Waals surface area contributed by atoms with Crippen LogP contribution < -0.4 is 16.2 Å². The maximum absolute atomic E-state index is 12.3. The lowest BCUT2D eigenvalue weighted by molar-refractivity contribution is -0.117. The number of nitrogens with one attached hydrogen (secondary N) is 3. The summed E-state index contributed by atoms with van der Waals surface area (Å²) in [6, 6.07) is 6.32. The van der Waals surface area contributed by atoms with E-state index in [9.17, 15) is 4.79 Å². The van der Waals surface area contributed by atoms with Gasteiger partial charge in [-0.3, -0.25) is 10.2 Å². The van der Waals surface area contributed by atoms with Crippen molar-refractivity contribution in [2.45, 2.75) is 44.6 Å². The minimum absolute atomic E-state index is 0.0412. The molecule has 5 nitrogen and oxygen atoms in total. The molecule has 4 rings (SSSR count). The molecule has 2 heterocycles. The molecule has 2 unspecified atom stereocenters. The topological polar surface area (TPSA) is 62.4 Å². The number of carbonyl (C=O) groups is 1. The van der Waals surface area contributed by atoms with Gasteiger partial charge in [0.1, 0.15) is 6.04 Å². The molecule has 3 N–H and O–H groups in total. The maximum Gasteiger partial charge on any atom is 0.242 e. The highest BCUT2D eigenvalue weighted by molar-refractivity contribution is 5.95. The molecule has 5 heteroatoms. The highest BCUT2D eigenvalue weighted by atomic mass is 16.5. The quantitative estimate of drug-likeness (QED) is 0.777. The molecule has 0 aromatic heterocycles. The smallest absolute Gasteiger partial charge is 0.242 e. The van der Waals surface area contributed by atoms with E-state index < -0.39 is 0 Å². The van der Waals surface area contributed by atoms with Crippen molar-refractivity contribution in [3.63, 3.8) is 0 Å². The van der Waals surface area contributed by atoms with Crippen LogP contribution >= 0.6 is 0 Å². The van der Waals surface area contributed by atoms with E-state index in [2.05, 4.69) is 16.2 Å². The van der Waals surface area contributed by atoms with Crippen molar-refractivity contribution >= 4 is 11.6 Å². The molecule has 2 aliphatic heterocycles. The second kappa shape index (κ2) is 4.84. The zero-order valence-corrected chi connectivity index (χ0v) is 11.3. The predicted octanol–water partition coefficient (Wildman–Crippen LogP) is 1.30. The fourth-order valence-corrected chi connectivity index (χ4v) is 3.04. The number of carbonyl (C=O) groups excluding carboxylic acids is 1. The Balaban J connectivity index is 1.40. The van der Waals surface area contributed by atoms with Gasteiger partial charge in [0.05, 0.1) is 13.2 Å². The molecule has 1 amide bonds. The lowest BCUT2D eigenvalue weighted by Crippen LogP contribution is -2.40. The van der Waals surface area contributed by atoms with Crippen LogP contribution in [0.15, 0.2) is 18.2 Å². The molecule has 3 aliphatic rings. The summed E-state index contributed by atoms with van der Waals surface area (Å²) < 4.78 is 5.39. The molecular formula is C15H19N3O2. The standard InChI is InChI=1S/C15H19N3O2/c19-15(14-6-13(17-18-14)9-1-2-9)16-12-4-3-10-7-20-8-11(10)5-12/h3-5,9,13-14,17-18H,1-2,6-8H2,(H,16,19). The van der Waals surface area contributed by atoms with Crippen molar-refractivity contribution in [3.05, 3.63) is 29.3 Å². The first-order valence-corrected chi connectivity index (χ1v) is 7.31. The van der Waals surface area contributed by atoms with Crippen molar-refractivity contribution < 1.29 is 9.53 Å². The van der Waals surface area contributed by atoms with Gasteiger partial charge in [0, 0.05) is 11.7 Å². The van der Waals surface area contributed by atoms with Crippen LogP contribution in [0.5, 0.6) is 0 Å². The van der Waals surface area contributed by atoms with E-state index in [1.165, 1.54) is 24.0 Å². The summed E-state index contributed by atoms with van der Waals surface area (Å²) in [6.07, 6.45) is 3.46. The first-order valence-electron chi connectivity index (χ1n) is 7.31. The summed E-state index contributed by atoms with van der Waals surface area (Å²) in [5, 5.41) is 3.00. The average molecular weight is 273 g/mol. The van der Waals surface area contributed by atoms with Crippen LogP contribution in [0.4, 0.5) is 5.69 Å². The van der Waals surface area contributed by atoms with Crippen molar-refractivity contribution in [1.29, 1.82) is 0 Å². The van der Waals surface area contributed by atoms with Gasteiger partial charge in [0.25, 0.3) is 0 Å². The first kappa shape index (κ1) is 12.3. The summed E-state index contributed by atoms with van der Waals surface area (Å²) in [4.78, 5) is 12.3. The van der Waals surface area contributed by atoms with Crippen LogP contribution in [0.25, 0.3) is 0 Å². The highest BCUT2D eigenvalue weighted by Crippen LogP contribution is 2.35. The van der Waals surface area contributed by atoms with E-state index in [4.69, 9.17) is 4.74 Å². The second-order valence-corrected chi connectivity index (χ2v) is 5.99. The van der Waals surface area contributed by atoms with Crippen molar-refractivity contribution in [2.75, 3.05) is 5.32 Å².